The van der Waals surface area contributed by atoms with Crippen molar-refractivity contribution in [1.82, 2.24) is 14.9 Å². The van der Waals surface area contributed by atoms with Crippen LogP contribution in [-0.2, 0) is 20.8 Å². The summed E-state index contributed by atoms with van der Waals surface area (Å²) in [5.74, 6) is -0.0811. The number of aromatic nitrogens is 2. The van der Waals surface area contributed by atoms with Gasteiger partial charge in [0.2, 0.25) is 5.95 Å². The molecule has 0 amide bonds. The van der Waals surface area contributed by atoms with Crippen molar-refractivity contribution in [1.29, 1.82) is 0 Å². The Kier molecular flexibility index (Phi) is 6.89. The summed E-state index contributed by atoms with van der Waals surface area (Å²) < 4.78 is 23.9. The quantitative estimate of drug-likeness (QED) is 0.674. The number of ether oxygens (including phenoxy) is 2. The molecule has 3 rings (SSSR count). The number of halogens is 1. The lowest BCUT2D eigenvalue weighted by atomic mass is 10.1. The fraction of sp³-hybridized carbons (Fsp3) is 0.450. The summed E-state index contributed by atoms with van der Waals surface area (Å²) in [5.41, 5.74) is 1.95. The Morgan fingerprint density at radius 3 is 2.71 bits per heavy atom. The maximum absolute atomic E-state index is 13.1. The minimum Gasteiger partial charge on any atom is -0.465 e. The molecule has 28 heavy (non-hydrogen) atoms. The third-order valence-corrected chi connectivity index (χ3v) is 4.50. The van der Waals surface area contributed by atoms with E-state index in [2.05, 4.69) is 14.9 Å². The van der Waals surface area contributed by atoms with Crippen LogP contribution in [-0.4, -0.2) is 60.7 Å². The van der Waals surface area contributed by atoms with Gasteiger partial charge in [0, 0.05) is 44.6 Å². The summed E-state index contributed by atoms with van der Waals surface area (Å²) in [6.07, 6.45) is 3.46. The highest BCUT2D eigenvalue weighted by molar-refractivity contribution is 5.74. The van der Waals surface area contributed by atoms with E-state index in [9.17, 15) is 9.18 Å². The number of benzene rings is 1. The van der Waals surface area contributed by atoms with Gasteiger partial charge in [-0.3, -0.25) is 9.69 Å². The molecule has 1 aromatic heterocycles. The van der Waals surface area contributed by atoms with Crippen molar-refractivity contribution < 1.29 is 18.7 Å². The highest BCUT2D eigenvalue weighted by Gasteiger charge is 2.22. The zero-order chi connectivity index (χ0) is 19.9. The van der Waals surface area contributed by atoms with E-state index in [1.54, 1.807) is 43.4 Å². The van der Waals surface area contributed by atoms with Gasteiger partial charge in [-0.1, -0.05) is 12.1 Å². The minimum atomic E-state index is -0.308. The fourth-order valence-corrected chi connectivity index (χ4v) is 3.08. The molecule has 1 fully saturated rings. The number of morpholine rings is 1. The standard InChI is InChI=1S/C20H25FN4O3/c1-3-27-19(26)14-24(2)20-22-10-15(11-23-20)12-25-8-9-28-18(13-25)16-4-6-17(21)7-5-16/h4-7,10-11,18H,3,8-9,12-14H2,1-2H3/t18-/m1/s1. The highest BCUT2D eigenvalue weighted by Crippen LogP contribution is 2.23. The van der Waals surface area contributed by atoms with Crippen LogP contribution < -0.4 is 4.90 Å². The number of carbonyl (C=O) groups is 1. The van der Waals surface area contributed by atoms with Crippen molar-refractivity contribution in [2.45, 2.75) is 19.6 Å². The number of likely N-dealkylation sites (N-methyl/N-ethyl adjacent to an activating group) is 1. The first-order valence-corrected chi connectivity index (χ1v) is 9.32. The Bertz CT molecular complexity index is 770. The summed E-state index contributed by atoms with van der Waals surface area (Å²) in [6, 6.07) is 6.44. The van der Waals surface area contributed by atoms with Gasteiger partial charge in [0.1, 0.15) is 12.4 Å². The maximum Gasteiger partial charge on any atom is 0.325 e. The first-order chi connectivity index (χ1) is 13.5. The van der Waals surface area contributed by atoms with E-state index in [-0.39, 0.29) is 24.4 Å². The van der Waals surface area contributed by atoms with Crippen molar-refractivity contribution in [3.63, 3.8) is 0 Å². The van der Waals surface area contributed by atoms with Crippen LogP contribution in [0.15, 0.2) is 36.7 Å². The van der Waals surface area contributed by atoms with Gasteiger partial charge in [-0.05, 0) is 24.6 Å². The molecule has 1 aromatic carbocycles. The van der Waals surface area contributed by atoms with Crippen molar-refractivity contribution in [2.24, 2.45) is 0 Å². The smallest absolute Gasteiger partial charge is 0.325 e. The number of hydrogen-bond donors (Lipinski definition) is 0. The Labute approximate surface area is 164 Å². The zero-order valence-electron chi connectivity index (χ0n) is 16.2. The van der Waals surface area contributed by atoms with Crippen LogP contribution in [0.2, 0.25) is 0 Å². The van der Waals surface area contributed by atoms with Gasteiger partial charge in [0.15, 0.2) is 0 Å². The monoisotopic (exact) mass is 388 g/mol. The summed E-state index contributed by atoms with van der Waals surface area (Å²) in [5, 5.41) is 0. The molecule has 8 heteroatoms. The van der Waals surface area contributed by atoms with E-state index in [1.165, 1.54) is 12.1 Å². The van der Waals surface area contributed by atoms with Crippen LogP contribution in [0.1, 0.15) is 24.2 Å². The van der Waals surface area contributed by atoms with E-state index in [0.717, 1.165) is 24.2 Å². The Hall–Kier alpha value is -2.58. The van der Waals surface area contributed by atoms with E-state index in [0.29, 0.717) is 25.7 Å². The van der Waals surface area contributed by atoms with Gasteiger partial charge in [-0.2, -0.15) is 0 Å². The molecular weight excluding hydrogens is 363 g/mol. The first kappa shape index (κ1) is 20.2. The molecule has 1 aliphatic heterocycles. The molecule has 0 N–H and O–H groups in total. The van der Waals surface area contributed by atoms with Crippen molar-refractivity contribution >= 4 is 11.9 Å². The molecule has 1 saturated heterocycles. The first-order valence-electron chi connectivity index (χ1n) is 9.32. The van der Waals surface area contributed by atoms with Gasteiger partial charge in [0.05, 0.1) is 19.3 Å². The third-order valence-electron chi connectivity index (χ3n) is 4.50. The normalized spacial score (nSPS) is 17.3. The predicted molar refractivity (Wildman–Crippen MR) is 102 cm³/mol. The second-order valence-electron chi connectivity index (χ2n) is 6.70. The molecule has 7 nitrogen and oxygen atoms in total. The number of carbonyl (C=O) groups excluding carboxylic acids is 1. The molecule has 1 aliphatic rings. The number of hydrogen-bond acceptors (Lipinski definition) is 7. The predicted octanol–water partition coefficient (Wildman–Crippen LogP) is 2.19. The Morgan fingerprint density at radius 1 is 1.32 bits per heavy atom. The number of anilines is 1. The van der Waals surface area contributed by atoms with Gasteiger partial charge in [0.25, 0.3) is 0 Å². The maximum atomic E-state index is 13.1. The zero-order valence-corrected chi connectivity index (χ0v) is 16.2. The molecule has 1 atom stereocenters. The van der Waals surface area contributed by atoms with Crippen LogP contribution in [0, 0.1) is 5.82 Å². The van der Waals surface area contributed by atoms with E-state index < -0.39 is 0 Å². The van der Waals surface area contributed by atoms with E-state index >= 15 is 0 Å². The lowest BCUT2D eigenvalue weighted by Crippen LogP contribution is -2.37. The molecule has 0 saturated carbocycles. The van der Waals surface area contributed by atoms with Crippen LogP contribution in [0.4, 0.5) is 10.3 Å². The second-order valence-corrected chi connectivity index (χ2v) is 6.70. The Morgan fingerprint density at radius 2 is 2.04 bits per heavy atom. The second kappa shape index (κ2) is 9.57. The molecule has 150 valence electrons. The average Bonchev–Trinajstić information content (AvgIpc) is 2.69. The average molecular weight is 388 g/mol. The number of nitrogens with zero attached hydrogens (tertiary/aromatic N) is 4. The van der Waals surface area contributed by atoms with Crippen molar-refractivity contribution in [2.75, 3.05) is 44.8 Å². The molecule has 0 bridgehead atoms. The summed E-state index contributed by atoms with van der Waals surface area (Å²) in [7, 11) is 1.75. The molecule has 0 unspecified atom stereocenters. The van der Waals surface area contributed by atoms with Gasteiger partial charge >= 0.3 is 5.97 Å². The van der Waals surface area contributed by atoms with Crippen molar-refractivity contribution in [3.05, 3.63) is 53.6 Å². The largest absolute Gasteiger partial charge is 0.465 e. The van der Waals surface area contributed by atoms with Crippen LogP contribution in [0.5, 0.6) is 0 Å². The molecule has 0 aliphatic carbocycles. The Balaban J connectivity index is 1.56. The van der Waals surface area contributed by atoms with Gasteiger partial charge in [-0.25, -0.2) is 14.4 Å². The van der Waals surface area contributed by atoms with Crippen molar-refractivity contribution in [3.8, 4) is 0 Å². The lowest BCUT2D eigenvalue weighted by molar-refractivity contribution is -0.141. The minimum absolute atomic E-state index is 0.0785. The number of esters is 1. The molecular formula is C20H25FN4O3. The molecule has 0 radical (unpaired) electrons. The van der Waals surface area contributed by atoms with E-state index in [4.69, 9.17) is 9.47 Å². The van der Waals surface area contributed by atoms with Crippen LogP contribution in [0.3, 0.4) is 0 Å². The van der Waals surface area contributed by atoms with Gasteiger partial charge < -0.3 is 14.4 Å². The molecule has 2 heterocycles. The molecule has 0 spiro atoms. The number of rotatable bonds is 7. The third kappa shape index (κ3) is 5.46. The summed E-state index contributed by atoms with van der Waals surface area (Å²) in [6.45, 7) is 5.07. The van der Waals surface area contributed by atoms with Gasteiger partial charge in [-0.15, -0.1) is 0 Å². The fourth-order valence-electron chi connectivity index (χ4n) is 3.08. The summed E-state index contributed by atoms with van der Waals surface area (Å²) >= 11 is 0. The molecule has 2 aromatic rings. The highest BCUT2D eigenvalue weighted by atomic mass is 19.1. The lowest BCUT2D eigenvalue weighted by Gasteiger charge is -2.33. The van der Waals surface area contributed by atoms with Crippen LogP contribution >= 0.6 is 0 Å². The van der Waals surface area contributed by atoms with E-state index in [1.807, 2.05) is 0 Å². The summed E-state index contributed by atoms with van der Waals surface area (Å²) in [4.78, 5) is 24.2. The topological polar surface area (TPSA) is 67.8 Å². The SMILES string of the molecule is CCOC(=O)CN(C)c1ncc(CN2CCO[C@@H](c3ccc(F)cc3)C2)cn1. The van der Waals surface area contributed by atoms with Crippen LogP contribution in [0.25, 0.3) is 0 Å².